The molecule has 10 heteroatoms. The number of para-hydroxylation sites is 2. The molecule has 10 nitrogen and oxygen atoms in total. The van der Waals surface area contributed by atoms with Gasteiger partial charge in [0.2, 0.25) is 11.9 Å². The van der Waals surface area contributed by atoms with E-state index in [9.17, 15) is 0 Å². The highest BCUT2D eigenvalue weighted by Gasteiger charge is 2.09. The molecule has 0 saturated heterocycles. The smallest absolute Gasteiger partial charge is 0.252 e. The van der Waals surface area contributed by atoms with Gasteiger partial charge in [-0.2, -0.15) is 20.2 Å². The summed E-state index contributed by atoms with van der Waals surface area (Å²) < 4.78 is 6.72. The Bertz CT molecular complexity index is 899. The van der Waals surface area contributed by atoms with E-state index in [1.165, 1.54) is 11.0 Å². The van der Waals surface area contributed by atoms with Gasteiger partial charge in [0.1, 0.15) is 24.7 Å². The standard InChI is InChI=1S/C14H13N9O/c1-24-10-5-3-2-4-9(10)18-14-20-12(19-13(16)21-14)7-23-8-17-11(6-15)22-23/h2-5,8H,7H2,1H3,(H3,16,18,19,20,21). The van der Waals surface area contributed by atoms with Gasteiger partial charge in [-0.3, -0.25) is 0 Å². The van der Waals surface area contributed by atoms with Gasteiger partial charge in [-0.25, -0.2) is 9.67 Å². The van der Waals surface area contributed by atoms with Crippen LogP contribution in [0.15, 0.2) is 30.6 Å². The van der Waals surface area contributed by atoms with E-state index in [-0.39, 0.29) is 24.3 Å². The van der Waals surface area contributed by atoms with Crippen LogP contribution >= 0.6 is 0 Å². The Morgan fingerprint density at radius 2 is 2.12 bits per heavy atom. The van der Waals surface area contributed by atoms with Crippen LogP contribution < -0.4 is 15.8 Å². The van der Waals surface area contributed by atoms with Crippen LogP contribution in [0.1, 0.15) is 11.6 Å². The minimum absolute atomic E-state index is 0.0676. The summed E-state index contributed by atoms with van der Waals surface area (Å²) >= 11 is 0. The van der Waals surface area contributed by atoms with Crippen LogP contribution in [0.5, 0.6) is 5.75 Å². The van der Waals surface area contributed by atoms with Crippen molar-refractivity contribution in [2.24, 2.45) is 0 Å². The van der Waals surface area contributed by atoms with Crippen molar-refractivity contribution in [1.29, 1.82) is 5.26 Å². The van der Waals surface area contributed by atoms with Crippen molar-refractivity contribution in [3.05, 3.63) is 42.2 Å². The number of methoxy groups -OCH3 is 1. The van der Waals surface area contributed by atoms with Crippen molar-refractivity contribution in [3.63, 3.8) is 0 Å². The highest BCUT2D eigenvalue weighted by molar-refractivity contribution is 5.62. The second kappa shape index (κ2) is 6.57. The van der Waals surface area contributed by atoms with Gasteiger partial charge >= 0.3 is 0 Å². The molecule has 3 aromatic rings. The molecule has 0 saturated carbocycles. The third kappa shape index (κ3) is 3.36. The molecule has 1 aromatic carbocycles. The van der Waals surface area contributed by atoms with E-state index in [2.05, 4.69) is 30.4 Å². The molecule has 3 rings (SSSR count). The number of hydrogen-bond acceptors (Lipinski definition) is 9. The number of benzene rings is 1. The number of nitrogen functional groups attached to an aromatic ring is 1. The van der Waals surface area contributed by atoms with Gasteiger partial charge in [0.25, 0.3) is 5.82 Å². The van der Waals surface area contributed by atoms with E-state index in [0.29, 0.717) is 17.3 Å². The number of hydrogen-bond donors (Lipinski definition) is 2. The first-order valence-electron chi connectivity index (χ1n) is 6.88. The van der Waals surface area contributed by atoms with E-state index < -0.39 is 0 Å². The molecule has 0 unspecified atom stereocenters. The zero-order valence-electron chi connectivity index (χ0n) is 12.7. The van der Waals surface area contributed by atoms with Crippen molar-refractivity contribution < 1.29 is 4.74 Å². The Morgan fingerprint density at radius 1 is 1.29 bits per heavy atom. The van der Waals surface area contributed by atoms with Gasteiger partial charge in [0.15, 0.2) is 5.82 Å². The van der Waals surface area contributed by atoms with Crippen LogP contribution in [0.2, 0.25) is 0 Å². The number of rotatable bonds is 5. The molecule has 0 radical (unpaired) electrons. The Morgan fingerprint density at radius 3 is 2.88 bits per heavy atom. The van der Waals surface area contributed by atoms with Crippen LogP contribution in [-0.4, -0.2) is 36.8 Å². The number of nitrogens with two attached hydrogens (primary N) is 1. The lowest BCUT2D eigenvalue weighted by atomic mass is 10.3. The fraction of sp³-hybridized carbons (Fsp3) is 0.143. The molecule has 2 heterocycles. The number of ether oxygens (including phenoxy) is 1. The molecule has 0 aliphatic rings. The SMILES string of the molecule is COc1ccccc1Nc1nc(N)nc(Cn2cnc(C#N)n2)n1. The zero-order chi connectivity index (χ0) is 16.9. The molecule has 0 spiro atoms. The van der Waals surface area contributed by atoms with Crippen molar-refractivity contribution in [1.82, 2.24) is 29.7 Å². The van der Waals surface area contributed by atoms with E-state index in [1.54, 1.807) is 7.11 Å². The molecule has 24 heavy (non-hydrogen) atoms. The Hall–Kier alpha value is -3.74. The van der Waals surface area contributed by atoms with Gasteiger partial charge < -0.3 is 15.8 Å². The predicted molar refractivity (Wildman–Crippen MR) is 84.4 cm³/mol. The van der Waals surface area contributed by atoms with Crippen LogP contribution in [0.3, 0.4) is 0 Å². The van der Waals surface area contributed by atoms with Crippen molar-refractivity contribution >= 4 is 17.6 Å². The zero-order valence-corrected chi connectivity index (χ0v) is 12.7. The Labute approximate surface area is 137 Å². The normalized spacial score (nSPS) is 10.2. The monoisotopic (exact) mass is 323 g/mol. The van der Waals surface area contributed by atoms with Crippen molar-refractivity contribution in [3.8, 4) is 11.8 Å². The summed E-state index contributed by atoms with van der Waals surface area (Å²) in [5.41, 5.74) is 6.44. The maximum atomic E-state index is 8.75. The Balaban J connectivity index is 1.84. The van der Waals surface area contributed by atoms with E-state index in [4.69, 9.17) is 15.7 Å². The van der Waals surface area contributed by atoms with Gasteiger partial charge in [0, 0.05) is 0 Å². The number of nitriles is 1. The van der Waals surface area contributed by atoms with Gasteiger partial charge in [0.05, 0.1) is 12.8 Å². The van der Waals surface area contributed by atoms with E-state index in [1.807, 2.05) is 30.3 Å². The van der Waals surface area contributed by atoms with Crippen LogP contribution in [0.25, 0.3) is 0 Å². The molecule has 3 N–H and O–H groups in total. The van der Waals surface area contributed by atoms with Crippen LogP contribution in [-0.2, 0) is 6.54 Å². The van der Waals surface area contributed by atoms with Gasteiger partial charge in [-0.05, 0) is 12.1 Å². The summed E-state index contributed by atoms with van der Waals surface area (Å²) in [4.78, 5) is 16.2. The average Bonchev–Trinajstić information content (AvgIpc) is 3.02. The average molecular weight is 323 g/mol. The van der Waals surface area contributed by atoms with Gasteiger partial charge in [-0.15, -0.1) is 5.10 Å². The fourth-order valence-corrected chi connectivity index (χ4v) is 2.00. The summed E-state index contributed by atoms with van der Waals surface area (Å²) in [6.45, 7) is 0.210. The first-order chi connectivity index (χ1) is 11.7. The highest BCUT2D eigenvalue weighted by Crippen LogP contribution is 2.25. The van der Waals surface area contributed by atoms with Crippen LogP contribution in [0.4, 0.5) is 17.6 Å². The third-order valence-corrected chi connectivity index (χ3v) is 2.99. The molecule has 0 fully saturated rings. The van der Waals surface area contributed by atoms with E-state index in [0.717, 1.165) is 0 Å². The lowest BCUT2D eigenvalue weighted by Gasteiger charge is -2.10. The molecule has 0 aliphatic heterocycles. The summed E-state index contributed by atoms with van der Waals surface area (Å²) in [5, 5.41) is 15.7. The molecule has 0 amide bonds. The number of nitrogens with one attached hydrogen (secondary N) is 1. The highest BCUT2D eigenvalue weighted by atomic mass is 16.5. The molecular weight excluding hydrogens is 310 g/mol. The maximum Gasteiger partial charge on any atom is 0.252 e. The number of aromatic nitrogens is 6. The quantitative estimate of drug-likeness (QED) is 0.694. The van der Waals surface area contributed by atoms with E-state index >= 15 is 0 Å². The first kappa shape index (κ1) is 15.2. The molecule has 2 aromatic heterocycles. The minimum atomic E-state index is 0.0676. The summed E-state index contributed by atoms with van der Waals surface area (Å²) in [6, 6.07) is 9.21. The summed E-state index contributed by atoms with van der Waals surface area (Å²) in [6.07, 6.45) is 1.42. The molecular formula is C14H13N9O. The topological polar surface area (TPSA) is 140 Å². The number of anilines is 3. The minimum Gasteiger partial charge on any atom is -0.495 e. The first-order valence-corrected chi connectivity index (χ1v) is 6.88. The lowest BCUT2D eigenvalue weighted by Crippen LogP contribution is -2.11. The van der Waals surface area contributed by atoms with Crippen LogP contribution in [0, 0.1) is 11.3 Å². The Kier molecular flexibility index (Phi) is 4.15. The lowest BCUT2D eigenvalue weighted by molar-refractivity contribution is 0.417. The predicted octanol–water partition coefficient (Wildman–Crippen LogP) is 0.717. The molecule has 0 bridgehead atoms. The fourth-order valence-electron chi connectivity index (χ4n) is 2.00. The van der Waals surface area contributed by atoms with Gasteiger partial charge in [-0.1, -0.05) is 12.1 Å². The number of nitrogens with zero attached hydrogens (tertiary/aromatic N) is 7. The molecule has 0 aliphatic carbocycles. The molecule has 0 atom stereocenters. The second-order valence-electron chi connectivity index (χ2n) is 4.64. The van der Waals surface area contributed by atoms with Crippen molar-refractivity contribution in [2.75, 3.05) is 18.2 Å². The third-order valence-electron chi connectivity index (χ3n) is 2.99. The molecule has 120 valence electrons. The largest absolute Gasteiger partial charge is 0.495 e. The second-order valence-corrected chi connectivity index (χ2v) is 4.64. The summed E-state index contributed by atoms with van der Waals surface area (Å²) in [7, 11) is 1.57. The summed E-state index contributed by atoms with van der Waals surface area (Å²) in [5.74, 6) is 1.45. The van der Waals surface area contributed by atoms with Crippen molar-refractivity contribution in [2.45, 2.75) is 6.54 Å². The maximum absolute atomic E-state index is 8.75.